The second kappa shape index (κ2) is 5.21. The fraction of sp³-hybridized carbons (Fsp3) is 0.500. The van der Waals surface area contributed by atoms with Crippen molar-refractivity contribution < 1.29 is 14.3 Å². The summed E-state index contributed by atoms with van der Waals surface area (Å²) in [6.07, 6.45) is 3.35. The molecule has 1 aliphatic rings. The molecule has 0 amide bonds. The van der Waals surface area contributed by atoms with E-state index in [1.165, 1.54) is 23.1 Å². The van der Waals surface area contributed by atoms with E-state index in [1.54, 1.807) is 6.92 Å². The predicted molar refractivity (Wildman–Crippen MR) is 65.3 cm³/mol. The van der Waals surface area contributed by atoms with Gasteiger partial charge < -0.3 is 9.47 Å². The van der Waals surface area contributed by atoms with Gasteiger partial charge in [-0.15, -0.1) is 0 Å². The summed E-state index contributed by atoms with van der Waals surface area (Å²) in [6.45, 7) is 4.32. The lowest BCUT2D eigenvalue weighted by Crippen LogP contribution is -2.15. The maximum atomic E-state index is 11.2. The van der Waals surface area contributed by atoms with E-state index in [2.05, 4.69) is 13.0 Å². The van der Waals surface area contributed by atoms with Crippen molar-refractivity contribution in [2.45, 2.75) is 33.1 Å². The lowest BCUT2D eigenvalue weighted by atomic mass is 10.0. The number of ether oxygens (including phenoxy) is 2. The summed E-state index contributed by atoms with van der Waals surface area (Å²) in [4.78, 5) is 11.2. The zero-order chi connectivity index (χ0) is 12.3. The molecule has 0 bridgehead atoms. The van der Waals surface area contributed by atoms with E-state index in [9.17, 15) is 4.79 Å². The van der Waals surface area contributed by atoms with Crippen LogP contribution in [0, 0.1) is 6.92 Å². The highest BCUT2D eigenvalue weighted by molar-refractivity contribution is 5.71. The van der Waals surface area contributed by atoms with Crippen molar-refractivity contribution in [3.05, 3.63) is 28.8 Å². The first-order valence-electron chi connectivity index (χ1n) is 6.12. The first-order chi connectivity index (χ1) is 8.22. The van der Waals surface area contributed by atoms with Crippen LogP contribution >= 0.6 is 0 Å². The monoisotopic (exact) mass is 234 g/mol. The summed E-state index contributed by atoms with van der Waals surface area (Å²) in [5.74, 6) is 0.538. The second-order valence-electron chi connectivity index (χ2n) is 4.28. The van der Waals surface area contributed by atoms with Gasteiger partial charge in [-0.3, -0.25) is 0 Å². The largest absolute Gasteiger partial charge is 0.482 e. The van der Waals surface area contributed by atoms with Crippen LogP contribution in [0.15, 0.2) is 12.1 Å². The molecule has 0 atom stereocenters. The van der Waals surface area contributed by atoms with E-state index in [0.717, 1.165) is 18.6 Å². The number of carbonyl (C=O) groups is 1. The van der Waals surface area contributed by atoms with E-state index in [-0.39, 0.29) is 12.6 Å². The molecule has 1 aliphatic carbocycles. The van der Waals surface area contributed by atoms with Crippen LogP contribution in [0.4, 0.5) is 0 Å². The lowest BCUT2D eigenvalue weighted by Gasteiger charge is -2.11. The third-order valence-corrected chi connectivity index (χ3v) is 3.13. The van der Waals surface area contributed by atoms with Crippen molar-refractivity contribution in [3.63, 3.8) is 0 Å². The Morgan fingerprint density at radius 2 is 2.06 bits per heavy atom. The summed E-state index contributed by atoms with van der Waals surface area (Å²) in [7, 11) is 0. The van der Waals surface area contributed by atoms with Crippen LogP contribution in [-0.4, -0.2) is 19.2 Å². The molecule has 0 fully saturated rings. The number of aryl methyl sites for hydroxylation is 1. The first-order valence-corrected chi connectivity index (χ1v) is 6.12. The standard InChI is InChI=1S/C14H18O3/c1-3-16-14(15)9-17-13-8-7-10(2)11-5-4-6-12(11)13/h7-8H,3-6,9H2,1-2H3. The fourth-order valence-electron chi connectivity index (χ4n) is 2.33. The molecule has 0 saturated carbocycles. The highest BCUT2D eigenvalue weighted by atomic mass is 16.6. The van der Waals surface area contributed by atoms with Crippen LogP contribution in [0.1, 0.15) is 30.0 Å². The molecule has 0 radical (unpaired) electrons. The molecule has 0 aromatic heterocycles. The van der Waals surface area contributed by atoms with Gasteiger partial charge in [0.1, 0.15) is 5.75 Å². The number of carbonyl (C=O) groups excluding carboxylic acids is 1. The molecule has 1 aromatic rings. The molecule has 0 spiro atoms. The van der Waals surface area contributed by atoms with Crippen molar-refractivity contribution in [3.8, 4) is 5.75 Å². The average Bonchev–Trinajstić information content (AvgIpc) is 2.78. The number of hydrogen-bond acceptors (Lipinski definition) is 3. The summed E-state index contributed by atoms with van der Waals surface area (Å²) in [6, 6.07) is 4.02. The molecule has 0 saturated heterocycles. The van der Waals surface area contributed by atoms with Crippen molar-refractivity contribution in [1.29, 1.82) is 0 Å². The Balaban J connectivity index is 2.07. The molecule has 1 aromatic carbocycles. The molecule has 17 heavy (non-hydrogen) atoms. The van der Waals surface area contributed by atoms with Gasteiger partial charge in [0.15, 0.2) is 6.61 Å². The third kappa shape index (κ3) is 2.60. The minimum absolute atomic E-state index is 0.00331. The van der Waals surface area contributed by atoms with Crippen molar-refractivity contribution >= 4 is 5.97 Å². The molecule has 3 heteroatoms. The summed E-state index contributed by atoms with van der Waals surface area (Å²) < 4.78 is 10.4. The molecular formula is C14H18O3. The molecule has 0 N–H and O–H groups in total. The first kappa shape index (κ1) is 12.0. The van der Waals surface area contributed by atoms with Gasteiger partial charge in [0.2, 0.25) is 0 Å². The minimum atomic E-state index is -0.306. The molecule has 3 nitrogen and oxygen atoms in total. The highest BCUT2D eigenvalue weighted by Crippen LogP contribution is 2.32. The molecular weight excluding hydrogens is 216 g/mol. The van der Waals surface area contributed by atoms with Gasteiger partial charge in [0.05, 0.1) is 6.61 Å². The Labute approximate surface area is 102 Å². The Morgan fingerprint density at radius 1 is 1.29 bits per heavy atom. The van der Waals surface area contributed by atoms with E-state index < -0.39 is 0 Å². The lowest BCUT2D eigenvalue weighted by molar-refractivity contribution is -0.145. The fourth-order valence-corrected chi connectivity index (χ4v) is 2.33. The van der Waals surface area contributed by atoms with Crippen LogP contribution < -0.4 is 4.74 Å². The number of rotatable bonds is 4. The van der Waals surface area contributed by atoms with Crippen molar-refractivity contribution in [2.24, 2.45) is 0 Å². The smallest absolute Gasteiger partial charge is 0.344 e. The summed E-state index contributed by atoms with van der Waals surface area (Å²) in [5, 5.41) is 0. The molecule has 0 unspecified atom stereocenters. The minimum Gasteiger partial charge on any atom is -0.482 e. The summed E-state index contributed by atoms with van der Waals surface area (Å²) >= 11 is 0. The normalized spacial score (nSPS) is 13.3. The second-order valence-corrected chi connectivity index (χ2v) is 4.28. The Morgan fingerprint density at radius 3 is 2.82 bits per heavy atom. The summed E-state index contributed by atoms with van der Waals surface area (Å²) in [5.41, 5.74) is 3.99. The molecule has 2 rings (SSSR count). The van der Waals surface area contributed by atoms with Gasteiger partial charge in [0, 0.05) is 0 Å². The third-order valence-electron chi connectivity index (χ3n) is 3.13. The van der Waals surface area contributed by atoms with E-state index in [0.29, 0.717) is 6.61 Å². The van der Waals surface area contributed by atoms with E-state index in [1.807, 2.05) is 6.07 Å². The predicted octanol–water partition coefficient (Wildman–Crippen LogP) is 2.43. The molecule has 92 valence electrons. The number of benzene rings is 1. The van der Waals surface area contributed by atoms with Crippen molar-refractivity contribution in [1.82, 2.24) is 0 Å². The van der Waals surface area contributed by atoms with Crippen LogP contribution in [-0.2, 0) is 22.4 Å². The maximum Gasteiger partial charge on any atom is 0.344 e. The molecule has 0 aliphatic heterocycles. The van der Waals surface area contributed by atoms with E-state index >= 15 is 0 Å². The zero-order valence-electron chi connectivity index (χ0n) is 10.4. The van der Waals surface area contributed by atoms with Crippen LogP contribution in [0.5, 0.6) is 5.75 Å². The van der Waals surface area contributed by atoms with Crippen LogP contribution in [0.3, 0.4) is 0 Å². The van der Waals surface area contributed by atoms with Gasteiger partial charge in [-0.1, -0.05) is 6.07 Å². The van der Waals surface area contributed by atoms with Gasteiger partial charge in [-0.05, 0) is 55.9 Å². The van der Waals surface area contributed by atoms with Gasteiger partial charge >= 0.3 is 5.97 Å². The topological polar surface area (TPSA) is 35.5 Å². The van der Waals surface area contributed by atoms with Crippen LogP contribution in [0.25, 0.3) is 0 Å². The van der Waals surface area contributed by atoms with Crippen LogP contribution in [0.2, 0.25) is 0 Å². The number of fused-ring (bicyclic) bond motifs is 1. The number of hydrogen-bond donors (Lipinski definition) is 0. The maximum absolute atomic E-state index is 11.2. The van der Waals surface area contributed by atoms with Crippen molar-refractivity contribution in [2.75, 3.05) is 13.2 Å². The molecule has 0 heterocycles. The average molecular weight is 234 g/mol. The van der Waals surface area contributed by atoms with Gasteiger partial charge in [0.25, 0.3) is 0 Å². The van der Waals surface area contributed by atoms with Gasteiger partial charge in [-0.2, -0.15) is 0 Å². The number of esters is 1. The Bertz CT molecular complexity index is 424. The Kier molecular flexibility index (Phi) is 3.67. The van der Waals surface area contributed by atoms with Gasteiger partial charge in [-0.25, -0.2) is 4.79 Å². The zero-order valence-corrected chi connectivity index (χ0v) is 10.4. The quantitative estimate of drug-likeness (QED) is 0.750. The van der Waals surface area contributed by atoms with E-state index in [4.69, 9.17) is 9.47 Å². The SMILES string of the molecule is CCOC(=O)COc1ccc(C)c2c1CCC2. The Hall–Kier alpha value is -1.51. The highest BCUT2D eigenvalue weighted by Gasteiger charge is 2.18.